The van der Waals surface area contributed by atoms with Crippen molar-refractivity contribution < 1.29 is 19.1 Å². The molecule has 1 aromatic rings. The van der Waals surface area contributed by atoms with Crippen molar-refractivity contribution in [3.63, 3.8) is 0 Å². The Hall–Kier alpha value is -1.95. The van der Waals surface area contributed by atoms with Gasteiger partial charge in [-0.25, -0.2) is 4.79 Å². The molecular formula is C15H21ClN2O4. The van der Waals surface area contributed by atoms with Crippen molar-refractivity contribution in [3.05, 3.63) is 28.8 Å². The van der Waals surface area contributed by atoms with E-state index >= 15 is 0 Å². The van der Waals surface area contributed by atoms with Crippen LogP contribution in [0.3, 0.4) is 0 Å². The third kappa shape index (κ3) is 5.44. The second kappa shape index (κ2) is 7.35. The molecule has 7 heteroatoms. The Morgan fingerprint density at radius 1 is 1.32 bits per heavy atom. The quantitative estimate of drug-likeness (QED) is 0.679. The summed E-state index contributed by atoms with van der Waals surface area (Å²) in [7, 11) is 1.25. The Morgan fingerprint density at radius 2 is 1.95 bits per heavy atom. The molecule has 0 saturated heterocycles. The Kier molecular flexibility index (Phi) is 6.05. The number of ether oxygens (including phenoxy) is 2. The number of hydrogen-bond donors (Lipinski definition) is 1. The van der Waals surface area contributed by atoms with E-state index in [-0.39, 0.29) is 13.1 Å². The first-order chi connectivity index (χ1) is 10.1. The third-order valence-corrected chi connectivity index (χ3v) is 3.06. The predicted molar refractivity (Wildman–Crippen MR) is 84.5 cm³/mol. The number of hydrogen-bond acceptors (Lipinski definition) is 5. The van der Waals surface area contributed by atoms with Gasteiger partial charge in [0, 0.05) is 16.3 Å². The molecule has 0 atom stereocenters. The van der Waals surface area contributed by atoms with Gasteiger partial charge in [-0.1, -0.05) is 17.7 Å². The second-order valence-corrected chi connectivity index (χ2v) is 6.13. The van der Waals surface area contributed by atoms with E-state index in [0.717, 1.165) is 0 Å². The van der Waals surface area contributed by atoms with Crippen LogP contribution < -0.4 is 5.73 Å². The van der Waals surface area contributed by atoms with Crippen molar-refractivity contribution in [2.24, 2.45) is 0 Å². The number of nitrogen functional groups attached to an aromatic ring is 1. The van der Waals surface area contributed by atoms with Gasteiger partial charge >= 0.3 is 12.1 Å². The van der Waals surface area contributed by atoms with E-state index in [1.807, 2.05) is 0 Å². The molecular weight excluding hydrogens is 308 g/mol. The maximum absolute atomic E-state index is 12.2. The maximum Gasteiger partial charge on any atom is 0.411 e. The van der Waals surface area contributed by atoms with Crippen molar-refractivity contribution in [2.75, 3.05) is 19.4 Å². The van der Waals surface area contributed by atoms with Crippen molar-refractivity contribution >= 4 is 29.4 Å². The molecule has 0 bridgehead atoms. The number of methoxy groups -OCH3 is 1. The first kappa shape index (κ1) is 18.1. The van der Waals surface area contributed by atoms with Crippen LogP contribution in [0.5, 0.6) is 0 Å². The fourth-order valence-electron chi connectivity index (χ4n) is 1.66. The molecule has 0 heterocycles. The molecule has 1 rings (SSSR count). The minimum absolute atomic E-state index is 0.0511. The summed E-state index contributed by atoms with van der Waals surface area (Å²) in [5.41, 5.74) is 6.19. The van der Waals surface area contributed by atoms with Crippen LogP contribution in [0.25, 0.3) is 0 Å². The molecule has 122 valence electrons. The molecule has 1 amide bonds. The second-order valence-electron chi connectivity index (χ2n) is 5.72. The number of nitrogens with zero attached hydrogens (tertiary/aromatic N) is 1. The highest BCUT2D eigenvalue weighted by Gasteiger charge is 2.25. The molecule has 0 saturated carbocycles. The molecule has 0 aliphatic carbocycles. The standard InChI is InChI=1S/C15H21ClN2O4/c1-15(2,3)22-14(20)18(9-13(19)21-4)8-10-11(16)6-5-7-12(10)17/h5-7H,8-9,17H2,1-4H3. The van der Waals surface area contributed by atoms with Crippen LogP contribution in [0.2, 0.25) is 5.02 Å². The number of carbonyl (C=O) groups excluding carboxylic acids is 2. The van der Waals surface area contributed by atoms with Gasteiger partial charge in [0.1, 0.15) is 12.1 Å². The number of benzene rings is 1. The smallest absolute Gasteiger partial charge is 0.411 e. The first-order valence-electron chi connectivity index (χ1n) is 6.71. The minimum atomic E-state index is -0.683. The zero-order valence-corrected chi connectivity index (χ0v) is 13.9. The third-order valence-electron chi connectivity index (χ3n) is 2.70. The lowest BCUT2D eigenvalue weighted by molar-refractivity contribution is -0.142. The summed E-state index contributed by atoms with van der Waals surface area (Å²) in [6, 6.07) is 5.05. The van der Waals surface area contributed by atoms with Crippen LogP contribution in [0.1, 0.15) is 26.3 Å². The fraction of sp³-hybridized carbons (Fsp3) is 0.467. The molecule has 6 nitrogen and oxygen atoms in total. The van der Waals surface area contributed by atoms with Crippen molar-refractivity contribution in [1.29, 1.82) is 0 Å². The number of anilines is 1. The maximum atomic E-state index is 12.2. The lowest BCUT2D eigenvalue weighted by atomic mass is 10.1. The van der Waals surface area contributed by atoms with Gasteiger partial charge in [-0.15, -0.1) is 0 Å². The van der Waals surface area contributed by atoms with Gasteiger partial charge in [0.2, 0.25) is 0 Å². The summed E-state index contributed by atoms with van der Waals surface area (Å²) in [4.78, 5) is 25.0. The van der Waals surface area contributed by atoms with E-state index in [9.17, 15) is 9.59 Å². The zero-order valence-electron chi connectivity index (χ0n) is 13.2. The first-order valence-corrected chi connectivity index (χ1v) is 7.09. The summed E-state index contributed by atoms with van der Waals surface area (Å²) in [5, 5.41) is 0.415. The highest BCUT2D eigenvalue weighted by Crippen LogP contribution is 2.24. The number of esters is 1. The van der Waals surface area contributed by atoms with Crippen molar-refractivity contribution in [1.82, 2.24) is 4.90 Å². The normalized spacial score (nSPS) is 11.0. The lowest BCUT2D eigenvalue weighted by Gasteiger charge is -2.27. The number of carbonyl (C=O) groups is 2. The number of halogens is 1. The van der Waals surface area contributed by atoms with Crippen molar-refractivity contribution in [2.45, 2.75) is 32.9 Å². The highest BCUT2D eigenvalue weighted by molar-refractivity contribution is 6.31. The summed E-state index contributed by atoms with van der Waals surface area (Å²) in [6.45, 7) is 5.02. The number of rotatable bonds is 4. The molecule has 0 unspecified atom stereocenters. The summed E-state index contributed by atoms with van der Waals surface area (Å²) < 4.78 is 9.90. The Balaban J connectivity index is 3.00. The van der Waals surface area contributed by atoms with Gasteiger partial charge in [-0.3, -0.25) is 9.69 Å². The van der Waals surface area contributed by atoms with Crippen LogP contribution >= 0.6 is 11.6 Å². The van der Waals surface area contributed by atoms with E-state index in [1.54, 1.807) is 39.0 Å². The molecule has 0 fully saturated rings. The summed E-state index contributed by atoms with van der Waals surface area (Å²) >= 11 is 6.11. The SMILES string of the molecule is COC(=O)CN(Cc1c(N)cccc1Cl)C(=O)OC(C)(C)C. The van der Waals surface area contributed by atoms with E-state index < -0.39 is 17.7 Å². The van der Waals surface area contributed by atoms with Crippen LogP contribution in [0.4, 0.5) is 10.5 Å². The van der Waals surface area contributed by atoms with Gasteiger partial charge in [0.05, 0.1) is 13.7 Å². The largest absolute Gasteiger partial charge is 0.468 e. The highest BCUT2D eigenvalue weighted by atomic mass is 35.5. The molecule has 1 aromatic carbocycles. The predicted octanol–water partition coefficient (Wildman–Crippen LogP) is 2.83. The van der Waals surface area contributed by atoms with Crippen LogP contribution in [0.15, 0.2) is 18.2 Å². The molecule has 0 aliphatic rings. The Labute approximate surface area is 135 Å². The van der Waals surface area contributed by atoms with E-state index in [1.165, 1.54) is 12.0 Å². The lowest BCUT2D eigenvalue weighted by Crippen LogP contribution is -2.40. The molecule has 0 radical (unpaired) electrons. The van der Waals surface area contributed by atoms with Crippen molar-refractivity contribution in [3.8, 4) is 0 Å². The Morgan fingerprint density at radius 3 is 2.45 bits per heavy atom. The molecule has 22 heavy (non-hydrogen) atoms. The summed E-state index contributed by atoms with van der Waals surface area (Å²) in [5.74, 6) is -0.559. The van der Waals surface area contributed by atoms with Gasteiger partial charge < -0.3 is 15.2 Å². The topological polar surface area (TPSA) is 81.9 Å². The van der Waals surface area contributed by atoms with Gasteiger partial charge in [0.25, 0.3) is 0 Å². The van der Waals surface area contributed by atoms with Gasteiger partial charge in [-0.05, 0) is 32.9 Å². The number of nitrogens with two attached hydrogens (primary N) is 1. The van der Waals surface area contributed by atoms with Crippen LogP contribution in [0, 0.1) is 0 Å². The van der Waals surface area contributed by atoms with Gasteiger partial charge in [0.15, 0.2) is 0 Å². The average molecular weight is 329 g/mol. The molecule has 0 aromatic heterocycles. The fourth-order valence-corrected chi connectivity index (χ4v) is 1.91. The molecule has 2 N–H and O–H groups in total. The van der Waals surface area contributed by atoms with E-state index in [2.05, 4.69) is 4.74 Å². The molecule has 0 aliphatic heterocycles. The zero-order chi connectivity index (χ0) is 16.9. The van der Waals surface area contributed by atoms with Gasteiger partial charge in [-0.2, -0.15) is 0 Å². The van der Waals surface area contributed by atoms with Crippen LogP contribution in [-0.2, 0) is 20.8 Å². The minimum Gasteiger partial charge on any atom is -0.468 e. The Bertz CT molecular complexity index is 535. The average Bonchev–Trinajstić information content (AvgIpc) is 2.39. The monoisotopic (exact) mass is 328 g/mol. The van der Waals surface area contributed by atoms with Crippen LogP contribution in [-0.4, -0.2) is 36.2 Å². The molecule has 0 spiro atoms. The van der Waals surface area contributed by atoms with E-state index in [0.29, 0.717) is 16.3 Å². The summed E-state index contributed by atoms with van der Waals surface area (Å²) in [6.07, 6.45) is -0.641. The number of amides is 1. The van der Waals surface area contributed by atoms with E-state index in [4.69, 9.17) is 22.1 Å².